The number of para-hydroxylation sites is 1. The number of hydrazine groups is 1. The molecule has 0 bridgehead atoms. The maximum atomic E-state index is 13.5. The van der Waals surface area contributed by atoms with E-state index in [4.69, 9.17) is 5.84 Å². The average Bonchev–Trinajstić information content (AvgIpc) is 2.46. The van der Waals surface area contributed by atoms with Gasteiger partial charge in [0.15, 0.2) is 11.6 Å². The first-order chi connectivity index (χ1) is 10.8. The van der Waals surface area contributed by atoms with E-state index in [2.05, 4.69) is 0 Å². The molecule has 0 saturated heterocycles. The van der Waals surface area contributed by atoms with E-state index in [-0.39, 0.29) is 12.0 Å². The van der Waals surface area contributed by atoms with E-state index in [9.17, 15) is 22.0 Å². The Morgan fingerprint density at radius 2 is 1.57 bits per heavy atom. The SMILES string of the molecule is NN(/C=C\Cc1ccccc1C(F)(F)F)c1c(F)cccc1F. The lowest BCUT2D eigenvalue weighted by Gasteiger charge is -2.15. The molecule has 0 saturated carbocycles. The highest BCUT2D eigenvalue weighted by atomic mass is 19.4. The second-order valence-corrected chi connectivity index (χ2v) is 4.72. The molecule has 0 aliphatic carbocycles. The first kappa shape index (κ1) is 17.0. The second-order valence-electron chi connectivity index (χ2n) is 4.72. The van der Waals surface area contributed by atoms with Gasteiger partial charge < -0.3 is 0 Å². The van der Waals surface area contributed by atoms with Gasteiger partial charge in [-0.25, -0.2) is 14.6 Å². The minimum Gasteiger partial charge on any atom is -0.281 e. The van der Waals surface area contributed by atoms with Crippen LogP contribution < -0.4 is 10.9 Å². The van der Waals surface area contributed by atoms with E-state index in [1.54, 1.807) is 0 Å². The van der Waals surface area contributed by atoms with Gasteiger partial charge in [0.25, 0.3) is 0 Å². The number of rotatable bonds is 4. The molecule has 7 heteroatoms. The summed E-state index contributed by atoms with van der Waals surface area (Å²) in [7, 11) is 0. The van der Waals surface area contributed by atoms with Gasteiger partial charge in [0.2, 0.25) is 0 Å². The Morgan fingerprint density at radius 3 is 2.17 bits per heavy atom. The highest BCUT2D eigenvalue weighted by Crippen LogP contribution is 2.32. The van der Waals surface area contributed by atoms with Crippen LogP contribution in [0.1, 0.15) is 11.1 Å². The third-order valence-corrected chi connectivity index (χ3v) is 3.12. The summed E-state index contributed by atoms with van der Waals surface area (Å²) in [5, 5.41) is 0.695. The zero-order chi connectivity index (χ0) is 17.0. The van der Waals surface area contributed by atoms with Gasteiger partial charge in [0, 0.05) is 6.20 Å². The van der Waals surface area contributed by atoms with Gasteiger partial charge in [-0.15, -0.1) is 0 Å². The molecule has 0 aromatic heterocycles. The summed E-state index contributed by atoms with van der Waals surface area (Å²) < 4.78 is 65.6. The molecule has 2 aromatic rings. The van der Waals surface area contributed by atoms with E-state index in [1.165, 1.54) is 30.3 Å². The standard InChI is InChI=1S/C16H13F5N2/c17-13-8-3-9-14(18)15(13)23(22)10-4-6-11-5-1-2-7-12(11)16(19,20)21/h1-5,7-10H,6,22H2/b10-4-. The predicted molar refractivity (Wildman–Crippen MR) is 77.3 cm³/mol. The maximum Gasteiger partial charge on any atom is 0.416 e. The van der Waals surface area contributed by atoms with Crippen molar-refractivity contribution in [3.8, 4) is 0 Å². The fourth-order valence-electron chi connectivity index (χ4n) is 2.08. The molecular formula is C16H13F5N2. The zero-order valence-corrected chi connectivity index (χ0v) is 11.8. The summed E-state index contributed by atoms with van der Waals surface area (Å²) in [5.41, 5.74) is -1.20. The topological polar surface area (TPSA) is 29.3 Å². The van der Waals surface area contributed by atoms with E-state index < -0.39 is 29.1 Å². The molecule has 0 aliphatic rings. The van der Waals surface area contributed by atoms with E-state index in [1.807, 2.05) is 0 Å². The molecule has 2 N–H and O–H groups in total. The van der Waals surface area contributed by atoms with Crippen LogP contribution in [0.4, 0.5) is 27.6 Å². The molecule has 0 atom stereocenters. The van der Waals surface area contributed by atoms with Crippen molar-refractivity contribution in [3.05, 3.63) is 77.5 Å². The summed E-state index contributed by atoms with van der Waals surface area (Å²) in [4.78, 5) is 0. The van der Waals surface area contributed by atoms with Gasteiger partial charge in [-0.05, 0) is 30.2 Å². The third kappa shape index (κ3) is 4.07. The summed E-state index contributed by atoms with van der Waals surface area (Å²) >= 11 is 0. The van der Waals surface area contributed by atoms with Crippen LogP contribution >= 0.6 is 0 Å². The summed E-state index contributed by atoms with van der Waals surface area (Å²) in [6.07, 6.45) is -2.13. The number of nitrogens with zero attached hydrogens (tertiary/aromatic N) is 1. The molecule has 2 aromatic carbocycles. The molecule has 2 nitrogen and oxygen atoms in total. The average molecular weight is 328 g/mol. The van der Waals surface area contributed by atoms with E-state index >= 15 is 0 Å². The monoisotopic (exact) mass is 328 g/mol. The Hall–Kier alpha value is -2.41. The van der Waals surface area contributed by atoms with Crippen LogP contribution in [0.25, 0.3) is 0 Å². The van der Waals surface area contributed by atoms with Crippen LogP contribution in [0.3, 0.4) is 0 Å². The smallest absolute Gasteiger partial charge is 0.281 e. The van der Waals surface area contributed by atoms with Gasteiger partial charge in [-0.1, -0.05) is 30.3 Å². The molecular weight excluding hydrogens is 315 g/mol. The molecule has 0 unspecified atom stereocenters. The minimum absolute atomic E-state index is 0.0404. The fourth-order valence-corrected chi connectivity index (χ4v) is 2.08. The van der Waals surface area contributed by atoms with Crippen LogP contribution in [0.2, 0.25) is 0 Å². The number of benzene rings is 2. The Bertz CT molecular complexity index is 690. The van der Waals surface area contributed by atoms with Gasteiger partial charge in [0.05, 0.1) is 5.56 Å². The lowest BCUT2D eigenvalue weighted by atomic mass is 10.0. The Morgan fingerprint density at radius 1 is 0.957 bits per heavy atom. The summed E-state index contributed by atoms with van der Waals surface area (Å²) in [6, 6.07) is 8.33. The van der Waals surface area contributed by atoms with Gasteiger partial charge in [-0.3, -0.25) is 5.01 Å². The maximum absolute atomic E-state index is 13.5. The Kier molecular flexibility index (Phi) is 5.00. The van der Waals surface area contributed by atoms with Gasteiger partial charge >= 0.3 is 6.18 Å². The van der Waals surface area contributed by atoms with E-state index in [0.29, 0.717) is 5.01 Å². The van der Waals surface area contributed by atoms with Crippen molar-refractivity contribution >= 4 is 5.69 Å². The van der Waals surface area contributed by atoms with Crippen molar-refractivity contribution in [3.63, 3.8) is 0 Å². The number of hydrogen-bond acceptors (Lipinski definition) is 2. The normalized spacial score (nSPS) is 11.9. The van der Waals surface area contributed by atoms with Gasteiger partial charge in [0.1, 0.15) is 5.69 Å². The van der Waals surface area contributed by atoms with Crippen molar-refractivity contribution < 1.29 is 22.0 Å². The first-order valence-corrected chi connectivity index (χ1v) is 6.60. The second kappa shape index (κ2) is 6.78. The molecule has 23 heavy (non-hydrogen) atoms. The van der Waals surface area contributed by atoms with Crippen LogP contribution in [0.15, 0.2) is 54.7 Å². The van der Waals surface area contributed by atoms with Crippen LogP contribution in [0.5, 0.6) is 0 Å². The molecule has 0 aliphatic heterocycles. The minimum atomic E-state index is -4.47. The molecule has 0 spiro atoms. The van der Waals surface area contributed by atoms with Crippen molar-refractivity contribution in [2.45, 2.75) is 12.6 Å². The molecule has 0 amide bonds. The number of halogens is 5. The number of alkyl halides is 3. The number of nitrogens with two attached hydrogens (primary N) is 1. The predicted octanol–water partition coefficient (Wildman–Crippen LogP) is 4.42. The van der Waals surface area contributed by atoms with Gasteiger partial charge in [-0.2, -0.15) is 13.2 Å². The number of anilines is 1. The molecule has 0 fully saturated rings. The number of hydrogen-bond donors (Lipinski definition) is 1. The highest BCUT2D eigenvalue weighted by Gasteiger charge is 2.32. The molecule has 0 heterocycles. The Balaban J connectivity index is 2.17. The largest absolute Gasteiger partial charge is 0.416 e. The summed E-state index contributed by atoms with van der Waals surface area (Å²) in [6.45, 7) is 0. The van der Waals surface area contributed by atoms with Crippen molar-refractivity contribution in [1.82, 2.24) is 0 Å². The van der Waals surface area contributed by atoms with Crippen LogP contribution in [-0.4, -0.2) is 0 Å². The lowest BCUT2D eigenvalue weighted by molar-refractivity contribution is -0.138. The molecule has 122 valence electrons. The fraction of sp³-hybridized carbons (Fsp3) is 0.125. The molecule has 2 rings (SSSR count). The zero-order valence-electron chi connectivity index (χ0n) is 11.8. The summed E-state index contributed by atoms with van der Waals surface area (Å²) in [5.74, 6) is 3.79. The van der Waals surface area contributed by atoms with Crippen LogP contribution in [0, 0.1) is 11.6 Å². The first-order valence-electron chi connectivity index (χ1n) is 6.60. The molecule has 0 radical (unpaired) electrons. The third-order valence-electron chi connectivity index (χ3n) is 3.12. The van der Waals surface area contributed by atoms with Crippen molar-refractivity contribution in [1.29, 1.82) is 0 Å². The van der Waals surface area contributed by atoms with Crippen molar-refractivity contribution in [2.24, 2.45) is 5.84 Å². The lowest BCUT2D eigenvalue weighted by Crippen LogP contribution is -2.26. The number of allylic oxidation sites excluding steroid dienone is 1. The quantitative estimate of drug-likeness (QED) is 0.511. The Labute approximate surface area is 129 Å². The van der Waals surface area contributed by atoms with Crippen molar-refractivity contribution in [2.75, 3.05) is 5.01 Å². The van der Waals surface area contributed by atoms with Crippen LogP contribution in [-0.2, 0) is 12.6 Å². The van der Waals surface area contributed by atoms with E-state index in [0.717, 1.165) is 24.4 Å². The highest BCUT2D eigenvalue weighted by molar-refractivity contribution is 5.50.